The molecular weight excluding hydrogens is 320 g/mol. The first-order valence-electron chi connectivity index (χ1n) is 7.98. The van der Waals surface area contributed by atoms with Gasteiger partial charge in [-0.25, -0.2) is 14.9 Å². The van der Waals surface area contributed by atoms with Crippen molar-refractivity contribution in [3.05, 3.63) is 59.3 Å². The average molecular weight is 336 g/mol. The van der Waals surface area contributed by atoms with Gasteiger partial charge in [-0.3, -0.25) is 4.99 Å². The molecule has 0 saturated heterocycles. The van der Waals surface area contributed by atoms with Crippen molar-refractivity contribution < 1.29 is 0 Å². The predicted molar refractivity (Wildman–Crippen MR) is 95.0 cm³/mol. The number of aromatic nitrogens is 3. The Hall–Kier alpha value is -2.51. The fourth-order valence-corrected chi connectivity index (χ4v) is 4.46. The van der Waals surface area contributed by atoms with E-state index in [4.69, 9.17) is 4.98 Å². The quantitative estimate of drug-likeness (QED) is 0.754. The normalized spacial score (nSPS) is 23.3. The molecule has 2 N–H and O–H groups in total. The highest BCUT2D eigenvalue weighted by molar-refractivity contribution is 7.18. The summed E-state index contributed by atoms with van der Waals surface area (Å²) in [5.74, 6) is 0. The Balaban J connectivity index is 1.63. The lowest BCUT2D eigenvalue weighted by Crippen LogP contribution is -2.48. The molecule has 1 aromatic carbocycles. The summed E-state index contributed by atoms with van der Waals surface area (Å²) < 4.78 is 1.20. The second kappa shape index (κ2) is 5.54. The van der Waals surface area contributed by atoms with Crippen molar-refractivity contribution >= 4 is 27.8 Å². The maximum absolute atomic E-state index is 4.89. The van der Waals surface area contributed by atoms with Crippen LogP contribution in [0.5, 0.6) is 0 Å². The molecule has 2 unspecified atom stereocenters. The summed E-state index contributed by atoms with van der Waals surface area (Å²) >= 11 is 1.73. The molecule has 2 aliphatic rings. The van der Waals surface area contributed by atoms with Gasteiger partial charge in [0.1, 0.15) is 11.0 Å². The minimum absolute atomic E-state index is 0.0125. The molecule has 24 heavy (non-hydrogen) atoms. The number of hydrogen-bond donors (Lipinski definition) is 2. The van der Waals surface area contributed by atoms with E-state index in [1.807, 2.05) is 24.6 Å². The van der Waals surface area contributed by atoms with Crippen LogP contribution in [-0.2, 0) is 6.42 Å². The molecule has 0 amide bonds. The van der Waals surface area contributed by atoms with Crippen LogP contribution in [-0.4, -0.2) is 38.9 Å². The minimum atomic E-state index is -0.0862. The number of aromatic amines is 1. The molecule has 2 aromatic heterocycles. The highest BCUT2D eigenvalue weighted by atomic mass is 32.1. The van der Waals surface area contributed by atoms with Crippen LogP contribution in [0.2, 0.25) is 0 Å². The highest BCUT2D eigenvalue weighted by Crippen LogP contribution is 2.38. The first-order valence-corrected chi connectivity index (χ1v) is 8.79. The second-order valence-corrected chi connectivity index (χ2v) is 6.94. The Labute approximate surface area is 143 Å². The Morgan fingerprint density at radius 1 is 1.25 bits per heavy atom. The predicted octanol–water partition coefficient (Wildman–Crippen LogP) is 2.44. The topological polar surface area (TPSA) is 69.2 Å². The van der Waals surface area contributed by atoms with E-state index in [2.05, 4.69) is 43.4 Å². The number of thiazole rings is 1. The van der Waals surface area contributed by atoms with Crippen molar-refractivity contribution in [2.24, 2.45) is 4.99 Å². The molecule has 4 heterocycles. The van der Waals surface area contributed by atoms with E-state index in [-0.39, 0.29) is 12.3 Å². The van der Waals surface area contributed by atoms with Gasteiger partial charge < -0.3 is 10.3 Å². The Bertz CT molecular complexity index is 906. The first kappa shape index (κ1) is 13.9. The van der Waals surface area contributed by atoms with Gasteiger partial charge in [0.05, 0.1) is 22.2 Å². The third-order valence-electron chi connectivity index (χ3n) is 4.48. The molecule has 0 radical (unpaired) electrons. The van der Waals surface area contributed by atoms with E-state index in [1.54, 1.807) is 17.7 Å². The number of allylic oxidation sites excluding steroid dienone is 1. The lowest BCUT2D eigenvalue weighted by atomic mass is 10.0. The lowest BCUT2D eigenvalue weighted by molar-refractivity contribution is 0.132. The van der Waals surface area contributed by atoms with Gasteiger partial charge in [0.25, 0.3) is 0 Å². The third kappa shape index (κ3) is 2.16. The molecule has 7 heteroatoms. The summed E-state index contributed by atoms with van der Waals surface area (Å²) in [6.07, 6.45) is 8.33. The van der Waals surface area contributed by atoms with Crippen LogP contribution in [0, 0.1) is 0 Å². The van der Waals surface area contributed by atoms with Crippen LogP contribution in [0.1, 0.15) is 22.4 Å². The molecule has 0 spiro atoms. The summed E-state index contributed by atoms with van der Waals surface area (Å²) in [6, 6.07) is 8.28. The number of imidazole rings is 1. The van der Waals surface area contributed by atoms with E-state index in [0.717, 1.165) is 29.2 Å². The summed E-state index contributed by atoms with van der Waals surface area (Å²) in [6.45, 7) is 0.901. The van der Waals surface area contributed by atoms with Crippen LogP contribution >= 0.6 is 11.3 Å². The van der Waals surface area contributed by atoms with Gasteiger partial charge >= 0.3 is 0 Å². The van der Waals surface area contributed by atoms with Crippen LogP contribution < -0.4 is 5.32 Å². The van der Waals surface area contributed by atoms with E-state index < -0.39 is 0 Å². The van der Waals surface area contributed by atoms with Crippen molar-refractivity contribution in [1.82, 2.24) is 25.2 Å². The summed E-state index contributed by atoms with van der Waals surface area (Å²) in [5, 5.41) is 4.40. The minimum Gasteiger partial charge on any atom is -0.358 e. The molecule has 2 aliphatic heterocycles. The highest BCUT2D eigenvalue weighted by Gasteiger charge is 2.37. The summed E-state index contributed by atoms with van der Waals surface area (Å²) in [5.41, 5.74) is 3.30. The van der Waals surface area contributed by atoms with Crippen molar-refractivity contribution in [2.45, 2.75) is 18.8 Å². The fourth-order valence-electron chi connectivity index (χ4n) is 3.36. The maximum atomic E-state index is 4.89. The van der Waals surface area contributed by atoms with Crippen molar-refractivity contribution in [3.63, 3.8) is 0 Å². The zero-order valence-electron chi connectivity index (χ0n) is 12.9. The number of nitrogens with zero attached hydrogens (tertiary/aromatic N) is 4. The van der Waals surface area contributed by atoms with E-state index in [9.17, 15) is 0 Å². The molecule has 5 rings (SSSR count). The van der Waals surface area contributed by atoms with Crippen LogP contribution in [0.4, 0.5) is 0 Å². The third-order valence-corrected chi connectivity index (χ3v) is 5.56. The van der Waals surface area contributed by atoms with Crippen molar-refractivity contribution in [1.29, 1.82) is 0 Å². The monoisotopic (exact) mass is 336 g/mol. The van der Waals surface area contributed by atoms with E-state index in [0.29, 0.717) is 0 Å². The van der Waals surface area contributed by atoms with Gasteiger partial charge in [0.15, 0.2) is 6.29 Å². The number of H-pyrrole nitrogens is 1. The number of para-hydroxylation sites is 1. The number of aliphatic imine (C=N–C) groups is 1. The van der Waals surface area contributed by atoms with Crippen LogP contribution in [0.15, 0.2) is 47.9 Å². The Kier molecular flexibility index (Phi) is 3.20. The van der Waals surface area contributed by atoms with Gasteiger partial charge in [0.2, 0.25) is 0 Å². The Morgan fingerprint density at radius 3 is 3.08 bits per heavy atom. The number of benzene rings is 1. The molecule has 0 bridgehead atoms. The molecule has 0 fully saturated rings. The standard InChI is InChI=1S/C17H16N6S/c1-2-5-13-11(4-1)22-16(24-13)15-14-12(20-10-21-14)6-9-23(15)17-18-7-3-8-19-17/h1-5,7-8,10,15,17-18H,6,9H2,(H,20,21). The first-order chi connectivity index (χ1) is 11.9. The SMILES string of the molecule is C1=CNC(N2CCc3[nH]cnc3C2c2nc3ccccc3s2)N=C1. The molecule has 6 nitrogen and oxygen atoms in total. The number of rotatable bonds is 2. The number of fused-ring (bicyclic) bond motifs is 2. The van der Waals surface area contributed by atoms with E-state index in [1.165, 1.54) is 10.4 Å². The second-order valence-electron chi connectivity index (χ2n) is 5.87. The molecular formula is C17H16N6S. The average Bonchev–Trinajstić information content (AvgIpc) is 3.28. The maximum Gasteiger partial charge on any atom is 0.176 e. The smallest absolute Gasteiger partial charge is 0.176 e. The van der Waals surface area contributed by atoms with E-state index >= 15 is 0 Å². The molecule has 2 atom stereocenters. The molecule has 0 saturated carbocycles. The van der Waals surface area contributed by atoms with Crippen LogP contribution in [0.25, 0.3) is 10.2 Å². The van der Waals surface area contributed by atoms with Gasteiger partial charge in [0, 0.05) is 31.1 Å². The van der Waals surface area contributed by atoms with Crippen LogP contribution in [0.3, 0.4) is 0 Å². The summed E-state index contributed by atoms with van der Waals surface area (Å²) in [7, 11) is 0. The molecule has 120 valence electrons. The number of hydrogen-bond acceptors (Lipinski definition) is 6. The van der Waals surface area contributed by atoms with Gasteiger partial charge in [-0.2, -0.15) is 0 Å². The summed E-state index contributed by atoms with van der Waals surface area (Å²) in [4.78, 5) is 19.7. The largest absolute Gasteiger partial charge is 0.358 e. The van der Waals surface area contributed by atoms with Crippen molar-refractivity contribution in [2.75, 3.05) is 6.54 Å². The van der Waals surface area contributed by atoms with Crippen molar-refractivity contribution in [3.8, 4) is 0 Å². The fraction of sp³-hybridized carbons (Fsp3) is 0.235. The molecule has 0 aliphatic carbocycles. The van der Waals surface area contributed by atoms with Gasteiger partial charge in [-0.1, -0.05) is 12.1 Å². The van der Waals surface area contributed by atoms with Gasteiger partial charge in [-0.15, -0.1) is 11.3 Å². The molecule has 3 aromatic rings. The lowest BCUT2D eigenvalue weighted by Gasteiger charge is -2.38. The Morgan fingerprint density at radius 2 is 2.21 bits per heavy atom. The van der Waals surface area contributed by atoms with Gasteiger partial charge in [-0.05, 0) is 18.2 Å². The number of nitrogens with one attached hydrogen (secondary N) is 2. The zero-order valence-corrected chi connectivity index (χ0v) is 13.7. The zero-order chi connectivity index (χ0) is 15.9.